The van der Waals surface area contributed by atoms with E-state index in [1.165, 1.54) is 0 Å². The average Bonchev–Trinajstić information content (AvgIpc) is 2.11. The highest BCUT2D eigenvalue weighted by Crippen LogP contribution is 2.22. The third-order valence-corrected chi connectivity index (χ3v) is 1.40. The van der Waals surface area contributed by atoms with Crippen molar-refractivity contribution in [2.24, 2.45) is 0 Å². The zero-order valence-corrected chi connectivity index (χ0v) is 6.72. The summed E-state index contributed by atoms with van der Waals surface area (Å²) in [5.41, 5.74) is -0.0635. The first kappa shape index (κ1) is 9.64. The van der Waals surface area contributed by atoms with Gasteiger partial charge in [-0.05, 0) is 19.1 Å². The molecular formula is C9H7F2O2. The van der Waals surface area contributed by atoms with Crippen molar-refractivity contribution in [2.75, 3.05) is 6.61 Å². The highest BCUT2D eigenvalue weighted by Gasteiger charge is 2.11. The molecule has 1 rings (SSSR count). The molecule has 0 N–H and O–H groups in total. The van der Waals surface area contributed by atoms with E-state index in [2.05, 4.69) is 11.7 Å². The van der Waals surface area contributed by atoms with E-state index in [4.69, 9.17) is 0 Å². The quantitative estimate of drug-likeness (QED) is 0.673. The van der Waals surface area contributed by atoms with Crippen LogP contribution in [0.5, 0.6) is 5.75 Å². The Balaban J connectivity index is 3.14. The third-order valence-electron chi connectivity index (χ3n) is 1.40. The summed E-state index contributed by atoms with van der Waals surface area (Å²) in [6, 6.07) is 1.81. The zero-order chi connectivity index (χ0) is 9.84. The van der Waals surface area contributed by atoms with Crippen LogP contribution >= 0.6 is 0 Å². The second-order valence-electron chi connectivity index (χ2n) is 2.28. The maximum absolute atomic E-state index is 12.9. The monoisotopic (exact) mass is 185 g/mol. The van der Waals surface area contributed by atoms with Gasteiger partial charge in [-0.3, -0.25) is 4.79 Å². The van der Waals surface area contributed by atoms with Gasteiger partial charge >= 0.3 is 0 Å². The summed E-state index contributed by atoms with van der Waals surface area (Å²) in [7, 11) is 0. The van der Waals surface area contributed by atoms with Crippen molar-refractivity contribution < 1.29 is 18.3 Å². The Morgan fingerprint density at radius 1 is 1.38 bits per heavy atom. The molecule has 69 valence electrons. The van der Waals surface area contributed by atoms with Crippen molar-refractivity contribution in [2.45, 2.75) is 0 Å². The lowest BCUT2D eigenvalue weighted by molar-refractivity contribution is 0.112. The molecular weight excluding hydrogens is 178 g/mol. The molecule has 1 radical (unpaired) electrons. The van der Waals surface area contributed by atoms with Gasteiger partial charge in [0.15, 0.2) is 17.4 Å². The van der Waals surface area contributed by atoms with Crippen molar-refractivity contribution >= 4 is 6.29 Å². The molecule has 2 nitrogen and oxygen atoms in total. The van der Waals surface area contributed by atoms with Gasteiger partial charge in [0.05, 0.1) is 6.61 Å². The fourth-order valence-corrected chi connectivity index (χ4v) is 0.887. The standard InChI is InChI=1S/C9H7F2O2/c1-2-13-9-7(10)3-6(5-12)4-8(9)11/h3-5H,1-2H2. The second-order valence-corrected chi connectivity index (χ2v) is 2.28. The number of aldehydes is 1. The summed E-state index contributed by atoms with van der Waals surface area (Å²) in [5.74, 6) is -2.29. The molecule has 0 atom stereocenters. The van der Waals surface area contributed by atoms with E-state index < -0.39 is 17.4 Å². The van der Waals surface area contributed by atoms with Crippen LogP contribution in [0.1, 0.15) is 10.4 Å². The minimum Gasteiger partial charge on any atom is -0.488 e. The largest absolute Gasteiger partial charge is 0.488 e. The maximum Gasteiger partial charge on any atom is 0.190 e. The summed E-state index contributed by atoms with van der Waals surface area (Å²) in [6.07, 6.45) is 0.361. The van der Waals surface area contributed by atoms with Gasteiger partial charge in [0.1, 0.15) is 6.29 Å². The lowest BCUT2D eigenvalue weighted by Crippen LogP contribution is -1.99. The predicted molar refractivity (Wildman–Crippen MR) is 42.6 cm³/mol. The van der Waals surface area contributed by atoms with Crippen molar-refractivity contribution in [3.8, 4) is 5.75 Å². The molecule has 0 bridgehead atoms. The van der Waals surface area contributed by atoms with E-state index in [1.54, 1.807) is 0 Å². The van der Waals surface area contributed by atoms with Crippen molar-refractivity contribution in [1.29, 1.82) is 0 Å². The lowest BCUT2D eigenvalue weighted by atomic mass is 10.2. The molecule has 1 aromatic rings. The number of hydrogen-bond acceptors (Lipinski definition) is 2. The molecule has 0 amide bonds. The fraction of sp³-hybridized carbons (Fsp3) is 0.111. The number of carbonyl (C=O) groups excluding carboxylic acids is 1. The molecule has 4 heteroatoms. The molecule has 0 spiro atoms. The number of ether oxygens (including phenoxy) is 1. The number of benzene rings is 1. The summed E-state index contributed by atoms with van der Waals surface area (Å²) in [5, 5.41) is 0. The summed E-state index contributed by atoms with van der Waals surface area (Å²) in [4.78, 5) is 10.2. The Bertz CT molecular complexity index is 300. The predicted octanol–water partition coefficient (Wildman–Crippen LogP) is 1.99. The number of halogens is 2. The fourth-order valence-electron chi connectivity index (χ4n) is 0.887. The molecule has 0 aliphatic heterocycles. The van der Waals surface area contributed by atoms with Gasteiger partial charge in [-0.25, -0.2) is 8.78 Å². The van der Waals surface area contributed by atoms with Gasteiger partial charge < -0.3 is 4.74 Å². The van der Waals surface area contributed by atoms with Gasteiger partial charge in [0.2, 0.25) is 0 Å². The second kappa shape index (κ2) is 3.98. The van der Waals surface area contributed by atoms with Crippen LogP contribution < -0.4 is 4.74 Å². The smallest absolute Gasteiger partial charge is 0.190 e. The number of hydrogen-bond donors (Lipinski definition) is 0. The first-order valence-electron chi connectivity index (χ1n) is 3.55. The molecule has 0 unspecified atom stereocenters. The van der Waals surface area contributed by atoms with E-state index in [0.29, 0.717) is 6.29 Å². The molecule has 0 aromatic heterocycles. The molecule has 0 fully saturated rings. The molecule has 0 saturated heterocycles. The molecule has 13 heavy (non-hydrogen) atoms. The Morgan fingerprint density at radius 2 is 1.92 bits per heavy atom. The van der Waals surface area contributed by atoms with Crippen LogP contribution in [0.4, 0.5) is 8.78 Å². The maximum atomic E-state index is 12.9. The van der Waals surface area contributed by atoms with Gasteiger partial charge in [0, 0.05) is 5.56 Å². The van der Waals surface area contributed by atoms with Crippen LogP contribution in [-0.4, -0.2) is 12.9 Å². The summed E-state index contributed by atoms with van der Waals surface area (Å²) < 4.78 is 30.5. The highest BCUT2D eigenvalue weighted by molar-refractivity contribution is 5.75. The van der Waals surface area contributed by atoms with Crippen LogP contribution in [0, 0.1) is 18.6 Å². The average molecular weight is 185 g/mol. The number of carbonyl (C=O) groups is 1. The highest BCUT2D eigenvalue weighted by atomic mass is 19.1. The van der Waals surface area contributed by atoms with Gasteiger partial charge in [0.25, 0.3) is 0 Å². The van der Waals surface area contributed by atoms with Crippen molar-refractivity contribution in [3.05, 3.63) is 36.3 Å². The normalized spacial score (nSPS) is 9.77. The summed E-state index contributed by atoms with van der Waals surface area (Å²) in [6.45, 7) is 3.21. The van der Waals surface area contributed by atoms with Gasteiger partial charge in [-0.1, -0.05) is 0 Å². The topological polar surface area (TPSA) is 26.3 Å². The third kappa shape index (κ3) is 2.02. The van der Waals surface area contributed by atoms with E-state index in [9.17, 15) is 13.6 Å². The first-order chi connectivity index (χ1) is 6.19. The minimum atomic E-state index is -0.897. The van der Waals surface area contributed by atoms with E-state index in [1.807, 2.05) is 0 Å². The van der Waals surface area contributed by atoms with Gasteiger partial charge in [-0.2, -0.15) is 0 Å². The Hall–Kier alpha value is -1.45. The van der Waals surface area contributed by atoms with E-state index in [0.717, 1.165) is 12.1 Å². The van der Waals surface area contributed by atoms with Crippen LogP contribution in [0.15, 0.2) is 12.1 Å². The Kier molecular flexibility index (Phi) is 2.95. The molecule has 1 aromatic carbocycles. The lowest BCUT2D eigenvalue weighted by Gasteiger charge is -2.05. The van der Waals surface area contributed by atoms with E-state index >= 15 is 0 Å². The van der Waals surface area contributed by atoms with Crippen molar-refractivity contribution in [3.63, 3.8) is 0 Å². The van der Waals surface area contributed by atoms with Crippen molar-refractivity contribution in [1.82, 2.24) is 0 Å². The van der Waals surface area contributed by atoms with Gasteiger partial charge in [-0.15, -0.1) is 0 Å². The molecule has 0 heterocycles. The number of rotatable bonds is 3. The van der Waals surface area contributed by atoms with Crippen LogP contribution in [0.25, 0.3) is 0 Å². The molecule has 0 saturated carbocycles. The SMILES string of the molecule is [CH2]COc1c(F)cc(C=O)cc1F. The van der Waals surface area contributed by atoms with Crippen LogP contribution in [0.2, 0.25) is 0 Å². The van der Waals surface area contributed by atoms with E-state index in [-0.39, 0.29) is 12.2 Å². The molecule has 0 aliphatic rings. The van der Waals surface area contributed by atoms with Crippen LogP contribution in [-0.2, 0) is 0 Å². The molecule has 0 aliphatic carbocycles. The minimum absolute atomic E-state index is 0.0635. The first-order valence-corrected chi connectivity index (χ1v) is 3.55. The zero-order valence-electron chi connectivity index (χ0n) is 6.72. The Morgan fingerprint density at radius 3 is 2.31 bits per heavy atom. The Labute approximate surface area is 74.1 Å². The summed E-state index contributed by atoms with van der Waals surface area (Å²) >= 11 is 0. The van der Waals surface area contributed by atoms with Crippen LogP contribution in [0.3, 0.4) is 0 Å².